The summed E-state index contributed by atoms with van der Waals surface area (Å²) in [7, 11) is 0. The third-order valence-electron chi connectivity index (χ3n) is 4.19. The average molecular weight is 609 g/mol. The molecule has 0 saturated carbocycles. The van der Waals surface area contributed by atoms with Crippen molar-refractivity contribution in [2.75, 3.05) is 6.61 Å². The van der Waals surface area contributed by atoms with Crippen LogP contribution in [0.25, 0.3) is 0 Å². The van der Waals surface area contributed by atoms with E-state index in [0.717, 1.165) is 11.1 Å². The number of ketones is 1. The SMILES string of the molecule is CCOC(=O)[C@H](Cc1ccc(O)cc1)C(=O)[C@@H](N)Cc1cc(I)c(O)c(I)c1. The molecule has 0 aliphatic rings. The van der Waals surface area contributed by atoms with Crippen LogP contribution < -0.4 is 5.73 Å². The van der Waals surface area contributed by atoms with Crippen molar-refractivity contribution in [2.45, 2.75) is 25.8 Å². The molecule has 0 saturated heterocycles. The molecule has 28 heavy (non-hydrogen) atoms. The van der Waals surface area contributed by atoms with Crippen molar-refractivity contribution < 1.29 is 24.5 Å². The van der Waals surface area contributed by atoms with Gasteiger partial charge in [-0.15, -0.1) is 0 Å². The van der Waals surface area contributed by atoms with Crippen LogP contribution in [0.2, 0.25) is 0 Å². The zero-order chi connectivity index (χ0) is 20.8. The number of halogens is 2. The Hall–Kier alpha value is -1.40. The highest BCUT2D eigenvalue weighted by molar-refractivity contribution is 14.1. The molecule has 2 aromatic rings. The van der Waals surface area contributed by atoms with Gasteiger partial charge in [-0.3, -0.25) is 9.59 Å². The Morgan fingerprint density at radius 3 is 2.14 bits per heavy atom. The lowest BCUT2D eigenvalue weighted by Crippen LogP contribution is -2.42. The number of carbonyl (C=O) groups excluding carboxylic acids is 2. The first-order valence-electron chi connectivity index (χ1n) is 8.63. The lowest BCUT2D eigenvalue weighted by molar-refractivity contribution is -0.151. The lowest BCUT2D eigenvalue weighted by Gasteiger charge is -2.19. The summed E-state index contributed by atoms with van der Waals surface area (Å²) in [5, 5.41) is 19.3. The smallest absolute Gasteiger partial charge is 0.316 e. The van der Waals surface area contributed by atoms with Crippen molar-refractivity contribution in [1.29, 1.82) is 0 Å². The van der Waals surface area contributed by atoms with Crippen LogP contribution in [0.1, 0.15) is 18.1 Å². The number of hydrogen-bond acceptors (Lipinski definition) is 6. The van der Waals surface area contributed by atoms with E-state index in [9.17, 15) is 19.8 Å². The molecule has 4 N–H and O–H groups in total. The third-order valence-corrected chi connectivity index (χ3v) is 5.83. The fourth-order valence-corrected chi connectivity index (χ4v) is 4.66. The quantitative estimate of drug-likeness (QED) is 0.241. The number of hydrogen-bond donors (Lipinski definition) is 3. The Morgan fingerprint density at radius 2 is 1.61 bits per heavy atom. The molecule has 8 heteroatoms. The number of rotatable bonds is 8. The topological polar surface area (TPSA) is 110 Å². The van der Waals surface area contributed by atoms with Gasteiger partial charge < -0.3 is 20.7 Å². The summed E-state index contributed by atoms with van der Waals surface area (Å²) >= 11 is 4.03. The lowest BCUT2D eigenvalue weighted by atomic mass is 9.89. The number of phenolic OH excluding ortho intramolecular Hbond substituents is 2. The van der Waals surface area contributed by atoms with E-state index in [2.05, 4.69) is 0 Å². The van der Waals surface area contributed by atoms with Crippen LogP contribution in [0.5, 0.6) is 11.5 Å². The molecule has 0 fully saturated rings. The Bertz CT molecular complexity index is 831. The Labute approximate surface area is 190 Å². The van der Waals surface area contributed by atoms with Crippen LogP contribution in [-0.4, -0.2) is 34.6 Å². The van der Waals surface area contributed by atoms with E-state index in [-0.39, 0.29) is 30.9 Å². The largest absolute Gasteiger partial charge is 0.508 e. The van der Waals surface area contributed by atoms with Gasteiger partial charge in [-0.05, 0) is 100 Å². The summed E-state index contributed by atoms with van der Waals surface area (Å²) in [5.74, 6) is -1.72. The number of benzene rings is 2. The normalized spacial score (nSPS) is 13.0. The van der Waals surface area contributed by atoms with E-state index in [1.165, 1.54) is 12.1 Å². The maximum Gasteiger partial charge on any atom is 0.316 e. The van der Waals surface area contributed by atoms with Gasteiger partial charge in [0.2, 0.25) is 0 Å². The summed E-state index contributed by atoms with van der Waals surface area (Å²) in [6, 6.07) is 8.97. The molecule has 2 rings (SSSR count). The molecule has 0 amide bonds. The summed E-state index contributed by atoms with van der Waals surface area (Å²) in [6.07, 6.45) is 0.396. The summed E-state index contributed by atoms with van der Waals surface area (Å²) < 4.78 is 6.42. The molecule has 2 atom stereocenters. The van der Waals surface area contributed by atoms with Crippen LogP contribution in [-0.2, 0) is 27.2 Å². The molecule has 0 unspecified atom stereocenters. The van der Waals surface area contributed by atoms with E-state index in [1.54, 1.807) is 31.2 Å². The summed E-state index contributed by atoms with van der Waals surface area (Å²) in [4.78, 5) is 25.3. The monoisotopic (exact) mass is 609 g/mol. The van der Waals surface area contributed by atoms with Crippen LogP contribution in [0.15, 0.2) is 36.4 Å². The highest BCUT2D eigenvalue weighted by Crippen LogP contribution is 2.28. The van der Waals surface area contributed by atoms with Crippen molar-refractivity contribution >= 4 is 56.9 Å². The number of nitrogens with two attached hydrogens (primary N) is 1. The first-order valence-corrected chi connectivity index (χ1v) is 10.8. The number of phenols is 2. The predicted octanol–water partition coefficient (Wildman–Crippen LogP) is 3.17. The van der Waals surface area contributed by atoms with Gasteiger partial charge in [0, 0.05) is 0 Å². The van der Waals surface area contributed by atoms with E-state index < -0.39 is 23.7 Å². The number of aromatic hydroxyl groups is 2. The number of ether oxygens (including phenoxy) is 1. The molecule has 0 heterocycles. The van der Waals surface area contributed by atoms with Gasteiger partial charge in [0.05, 0.1) is 19.8 Å². The second-order valence-electron chi connectivity index (χ2n) is 6.30. The fourth-order valence-electron chi connectivity index (χ4n) is 2.76. The first-order chi connectivity index (χ1) is 13.2. The van der Waals surface area contributed by atoms with Gasteiger partial charge in [-0.25, -0.2) is 0 Å². The fraction of sp³-hybridized carbons (Fsp3) is 0.300. The molecule has 0 aromatic heterocycles. The van der Waals surface area contributed by atoms with Gasteiger partial charge in [-0.2, -0.15) is 0 Å². The third kappa shape index (κ3) is 6.05. The Balaban J connectivity index is 2.20. The van der Waals surface area contributed by atoms with Crippen molar-refractivity contribution in [1.82, 2.24) is 0 Å². The summed E-state index contributed by atoms with van der Waals surface area (Å²) in [6.45, 7) is 1.85. The molecule has 0 aliphatic carbocycles. The number of carbonyl (C=O) groups is 2. The standard InChI is InChI=1S/C20H21I2NO5/c1-2-28-20(27)14(7-11-3-5-13(24)6-4-11)18(25)17(23)10-12-8-15(21)19(26)16(22)9-12/h3-6,8-9,14,17,24,26H,2,7,10,23H2,1H3/t14-,17+/m1/s1. The zero-order valence-corrected chi connectivity index (χ0v) is 19.5. The molecule has 0 bridgehead atoms. The maximum absolute atomic E-state index is 12.9. The minimum absolute atomic E-state index is 0.107. The van der Waals surface area contributed by atoms with E-state index >= 15 is 0 Å². The molecule has 0 spiro atoms. The first kappa shape index (κ1) is 22.9. The second-order valence-corrected chi connectivity index (χ2v) is 8.62. The number of Topliss-reactive ketones (excluding diaryl/α,β-unsaturated/α-hetero) is 1. The van der Waals surface area contributed by atoms with Gasteiger partial charge >= 0.3 is 5.97 Å². The minimum atomic E-state index is -1.02. The van der Waals surface area contributed by atoms with E-state index in [1.807, 2.05) is 45.2 Å². The van der Waals surface area contributed by atoms with Crippen LogP contribution >= 0.6 is 45.2 Å². The zero-order valence-electron chi connectivity index (χ0n) is 15.2. The molecule has 0 radical (unpaired) electrons. The van der Waals surface area contributed by atoms with Gasteiger partial charge in [0.15, 0.2) is 5.78 Å². The van der Waals surface area contributed by atoms with Gasteiger partial charge in [0.1, 0.15) is 17.4 Å². The molecular weight excluding hydrogens is 588 g/mol. The van der Waals surface area contributed by atoms with Crippen molar-refractivity contribution in [3.05, 3.63) is 54.7 Å². The molecule has 150 valence electrons. The Kier molecular flexibility index (Phi) is 8.50. The summed E-state index contributed by atoms with van der Waals surface area (Å²) in [5.41, 5.74) is 7.67. The van der Waals surface area contributed by atoms with Crippen molar-refractivity contribution in [3.63, 3.8) is 0 Å². The van der Waals surface area contributed by atoms with Crippen molar-refractivity contribution in [3.8, 4) is 11.5 Å². The van der Waals surface area contributed by atoms with Gasteiger partial charge in [0.25, 0.3) is 0 Å². The maximum atomic E-state index is 12.9. The van der Waals surface area contributed by atoms with Crippen LogP contribution in [0.4, 0.5) is 0 Å². The average Bonchev–Trinajstić information content (AvgIpc) is 2.65. The van der Waals surface area contributed by atoms with E-state index in [4.69, 9.17) is 10.5 Å². The highest BCUT2D eigenvalue weighted by Gasteiger charge is 2.32. The van der Waals surface area contributed by atoms with Gasteiger partial charge in [-0.1, -0.05) is 12.1 Å². The Morgan fingerprint density at radius 1 is 1.04 bits per heavy atom. The van der Waals surface area contributed by atoms with Crippen molar-refractivity contribution in [2.24, 2.45) is 11.7 Å². The molecule has 0 aliphatic heterocycles. The van der Waals surface area contributed by atoms with Crippen LogP contribution in [0.3, 0.4) is 0 Å². The molecule has 2 aromatic carbocycles. The highest BCUT2D eigenvalue weighted by atomic mass is 127. The second kappa shape index (κ2) is 10.4. The number of esters is 1. The minimum Gasteiger partial charge on any atom is -0.508 e. The van der Waals surface area contributed by atoms with Crippen LogP contribution in [0, 0.1) is 13.1 Å². The van der Waals surface area contributed by atoms with E-state index in [0.29, 0.717) is 7.14 Å². The molecular formula is C20H21I2NO5. The predicted molar refractivity (Wildman–Crippen MR) is 122 cm³/mol. The molecule has 6 nitrogen and oxygen atoms in total.